The van der Waals surface area contributed by atoms with Crippen LogP contribution < -0.4 is 4.74 Å². The van der Waals surface area contributed by atoms with Crippen molar-refractivity contribution in [3.8, 4) is 61.9 Å². The van der Waals surface area contributed by atoms with Crippen LogP contribution in [0.1, 0.15) is 17.3 Å². The van der Waals surface area contributed by atoms with Crippen LogP contribution in [0.3, 0.4) is 0 Å². The quantitative estimate of drug-likeness (QED) is 0.175. The molecule has 53 heavy (non-hydrogen) atoms. The fraction of sp³-hybridized carbons (Fsp3) is 0.0408. The molecule has 4 nitrogen and oxygen atoms in total. The summed E-state index contributed by atoms with van der Waals surface area (Å²) in [5.74, 6) is 2.74. The lowest BCUT2D eigenvalue weighted by atomic mass is 9.83. The number of fused-ring (bicyclic) bond motifs is 4. The van der Waals surface area contributed by atoms with Gasteiger partial charge in [0.05, 0.1) is 5.92 Å². The van der Waals surface area contributed by atoms with E-state index in [1.165, 1.54) is 27.5 Å². The maximum atomic E-state index is 6.57. The number of hydrogen-bond acceptors (Lipinski definition) is 4. The Morgan fingerprint density at radius 2 is 0.887 bits per heavy atom. The van der Waals surface area contributed by atoms with E-state index in [0.29, 0.717) is 17.5 Å². The van der Waals surface area contributed by atoms with Crippen molar-refractivity contribution in [2.24, 2.45) is 0 Å². The molecule has 10 rings (SSSR count). The fourth-order valence-electron chi connectivity index (χ4n) is 7.57. The van der Waals surface area contributed by atoms with Gasteiger partial charge in [0.2, 0.25) is 0 Å². The third-order valence-corrected chi connectivity index (χ3v) is 10.3. The number of benzene rings is 7. The normalized spacial score (nSPS) is 15.7. The molecule has 0 amide bonds. The van der Waals surface area contributed by atoms with E-state index in [4.69, 9.17) is 19.7 Å². The molecule has 1 unspecified atom stereocenters. The first-order valence-corrected chi connectivity index (χ1v) is 18.0. The monoisotopic (exact) mass is 679 g/mol. The second-order valence-corrected chi connectivity index (χ2v) is 13.6. The van der Waals surface area contributed by atoms with Crippen LogP contribution in [0.2, 0.25) is 0 Å². The minimum Gasteiger partial charge on any atom is -0.485 e. The molecule has 0 radical (unpaired) electrons. The Morgan fingerprint density at radius 3 is 1.53 bits per heavy atom. The highest BCUT2D eigenvalue weighted by Crippen LogP contribution is 2.49. The summed E-state index contributed by atoms with van der Waals surface area (Å²) >= 11 is 0. The zero-order valence-electron chi connectivity index (χ0n) is 28.8. The van der Waals surface area contributed by atoms with Crippen molar-refractivity contribution in [3.63, 3.8) is 0 Å². The predicted molar refractivity (Wildman–Crippen MR) is 215 cm³/mol. The van der Waals surface area contributed by atoms with Crippen LogP contribution in [-0.4, -0.2) is 21.1 Å². The van der Waals surface area contributed by atoms with E-state index in [0.717, 1.165) is 44.7 Å². The van der Waals surface area contributed by atoms with Gasteiger partial charge in [-0.3, -0.25) is 0 Å². The van der Waals surface area contributed by atoms with Crippen molar-refractivity contribution < 1.29 is 4.74 Å². The van der Waals surface area contributed by atoms with Crippen LogP contribution >= 0.6 is 0 Å². The molecule has 0 fully saturated rings. The molecule has 2 atom stereocenters. The molecule has 0 saturated carbocycles. The van der Waals surface area contributed by atoms with Crippen molar-refractivity contribution >= 4 is 16.3 Å². The summed E-state index contributed by atoms with van der Waals surface area (Å²) in [7, 11) is 0. The average molecular weight is 680 g/mol. The summed E-state index contributed by atoms with van der Waals surface area (Å²) in [4.78, 5) is 15.5. The van der Waals surface area contributed by atoms with Crippen molar-refractivity contribution in [1.82, 2.24) is 15.0 Å². The Kier molecular flexibility index (Phi) is 7.58. The van der Waals surface area contributed by atoms with Gasteiger partial charge in [0.25, 0.3) is 0 Å². The van der Waals surface area contributed by atoms with Crippen molar-refractivity contribution in [1.29, 1.82) is 0 Å². The van der Waals surface area contributed by atoms with E-state index in [1.54, 1.807) is 0 Å². The number of ether oxygens (including phenoxy) is 1. The van der Waals surface area contributed by atoms with E-state index in [9.17, 15) is 0 Å². The molecule has 0 spiro atoms. The number of nitrogens with zero attached hydrogens (tertiary/aromatic N) is 3. The number of rotatable bonds is 6. The van der Waals surface area contributed by atoms with Crippen LogP contribution in [-0.2, 0) is 0 Å². The summed E-state index contributed by atoms with van der Waals surface area (Å²) in [5, 5.41) is 2.45. The molecular formula is C49H33N3O. The van der Waals surface area contributed by atoms with Crippen LogP contribution in [0, 0.1) is 0 Å². The third kappa shape index (κ3) is 5.81. The maximum Gasteiger partial charge on any atom is 0.164 e. The van der Waals surface area contributed by atoms with Crippen LogP contribution in [0.5, 0.6) is 5.75 Å². The van der Waals surface area contributed by atoms with E-state index in [1.807, 2.05) is 12.1 Å². The van der Waals surface area contributed by atoms with Gasteiger partial charge in [-0.15, -0.1) is 0 Å². The van der Waals surface area contributed by atoms with Crippen molar-refractivity contribution in [3.05, 3.63) is 199 Å². The number of hydrogen-bond donors (Lipinski definition) is 0. The van der Waals surface area contributed by atoms with Gasteiger partial charge >= 0.3 is 0 Å². The Morgan fingerprint density at radius 1 is 0.396 bits per heavy atom. The molecule has 0 bridgehead atoms. The Bertz CT molecular complexity index is 2580. The predicted octanol–water partition coefficient (Wildman–Crippen LogP) is 11.9. The highest BCUT2D eigenvalue weighted by atomic mass is 16.5. The number of aromatic nitrogens is 3. The summed E-state index contributed by atoms with van der Waals surface area (Å²) in [6, 6.07) is 59.5. The minimum absolute atomic E-state index is 0.0700. The zero-order chi connectivity index (χ0) is 35.1. The summed E-state index contributed by atoms with van der Waals surface area (Å²) < 4.78 is 6.57. The smallest absolute Gasteiger partial charge is 0.164 e. The van der Waals surface area contributed by atoms with Crippen LogP contribution in [0.15, 0.2) is 188 Å². The van der Waals surface area contributed by atoms with Crippen molar-refractivity contribution in [2.45, 2.75) is 12.0 Å². The van der Waals surface area contributed by atoms with E-state index in [-0.39, 0.29) is 12.0 Å². The molecule has 1 aliphatic heterocycles. The molecular weight excluding hydrogens is 647 g/mol. The molecule has 2 heterocycles. The van der Waals surface area contributed by atoms with Gasteiger partial charge in [0.1, 0.15) is 11.9 Å². The molecule has 250 valence electrons. The molecule has 0 saturated heterocycles. The maximum absolute atomic E-state index is 6.57. The first-order valence-electron chi connectivity index (χ1n) is 18.0. The second kappa shape index (κ2) is 13.0. The largest absolute Gasteiger partial charge is 0.485 e. The Hall–Kier alpha value is -6.91. The lowest BCUT2D eigenvalue weighted by Gasteiger charge is -2.22. The van der Waals surface area contributed by atoms with Gasteiger partial charge in [-0.1, -0.05) is 164 Å². The molecule has 2 aliphatic rings. The standard InChI is InChI=1S/C49H33N3O/c1-3-10-32(11-4-1)35-18-23-37(24-19-35)47-50-48(38-25-20-36(21-26-38)33-12-5-2-6-13-33)52-49(51-47)42-16-9-17-45-46(42)43-31-41(28-29-44(43)53-45)40-27-22-34-14-7-8-15-39(34)30-40/h1-31,45-46H/t45-,46?/m1/s1. The minimum atomic E-state index is -0.157. The topological polar surface area (TPSA) is 47.9 Å². The van der Waals surface area contributed by atoms with Gasteiger partial charge in [-0.2, -0.15) is 0 Å². The molecule has 1 aromatic heterocycles. The van der Waals surface area contributed by atoms with Gasteiger partial charge in [-0.25, -0.2) is 15.0 Å². The van der Waals surface area contributed by atoms with Gasteiger partial charge in [0.15, 0.2) is 17.5 Å². The first kappa shape index (κ1) is 30.9. The zero-order valence-corrected chi connectivity index (χ0v) is 28.8. The second-order valence-electron chi connectivity index (χ2n) is 13.6. The highest BCUT2D eigenvalue weighted by Gasteiger charge is 2.39. The highest BCUT2D eigenvalue weighted by molar-refractivity contribution is 5.88. The average Bonchev–Trinajstić information content (AvgIpc) is 3.62. The van der Waals surface area contributed by atoms with E-state index < -0.39 is 0 Å². The molecule has 4 heteroatoms. The summed E-state index contributed by atoms with van der Waals surface area (Å²) in [6.07, 6.45) is 6.19. The summed E-state index contributed by atoms with van der Waals surface area (Å²) in [6.45, 7) is 0. The lowest BCUT2D eigenvalue weighted by Crippen LogP contribution is -2.20. The Labute approximate surface area is 308 Å². The van der Waals surface area contributed by atoms with E-state index in [2.05, 4.69) is 176 Å². The SMILES string of the molecule is C1=C[C@H]2Oc3ccc(-c4ccc5ccccc5c4)cc3C2C(c2nc(-c3ccc(-c4ccccc4)cc3)nc(-c3ccc(-c4ccccc4)cc3)n2)=C1. The Balaban J connectivity index is 1.07. The molecule has 1 aliphatic carbocycles. The fourth-order valence-corrected chi connectivity index (χ4v) is 7.57. The lowest BCUT2D eigenvalue weighted by molar-refractivity contribution is 0.271. The third-order valence-electron chi connectivity index (χ3n) is 10.3. The van der Waals surface area contributed by atoms with Crippen molar-refractivity contribution in [2.75, 3.05) is 0 Å². The van der Waals surface area contributed by atoms with Crippen LogP contribution in [0.25, 0.3) is 72.5 Å². The molecule has 7 aromatic carbocycles. The molecule has 8 aromatic rings. The number of allylic oxidation sites excluding steroid dienone is 2. The summed E-state index contributed by atoms with van der Waals surface area (Å²) in [5.41, 5.74) is 11.0. The van der Waals surface area contributed by atoms with Gasteiger partial charge in [0, 0.05) is 22.3 Å². The van der Waals surface area contributed by atoms with Crippen LogP contribution in [0.4, 0.5) is 0 Å². The first-order chi connectivity index (χ1) is 26.2. The molecule has 0 N–H and O–H groups in total. The van der Waals surface area contributed by atoms with Gasteiger partial charge < -0.3 is 4.74 Å². The van der Waals surface area contributed by atoms with E-state index >= 15 is 0 Å². The van der Waals surface area contributed by atoms with Gasteiger partial charge in [-0.05, 0) is 68.4 Å².